The Morgan fingerprint density at radius 3 is 2.97 bits per heavy atom. The number of ether oxygens (including phenoxy) is 2. The summed E-state index contributed by atoms with van der Waals surface area (Å²) in [4.78, 5) is 24.1. The second-order valence-corrected chi connectivity index (χ2v) is 7.91. The van der Waals surface area contributed by atoms with Crippen molar-refractivity contribution >= 4 is 22.7 Å². The summed E-state index contributed by atoms with van der Waals surface area (Å²) in [5.41, 5.74) is 2.13. The van der Waals surface area contributed by atoms with Gasteiger partial charge in [0.1, 0.15) is 11.6 Å². The van der Waals surface area contributed by atoms with Crippen LogP contribution in [0.4, 0.5) is 5.82 Å². The number of nitrogens with zero attached hydrogens (tertiary/aromatic N) is 3. The fraction of sp³-hybridized carbons (Fsp3) is 0.609. The van der Waals surface area contributed by atoms with Gasteiger partial charge < -0.3 is 14.8 Å². The Morgan fingerprint density at radius 2 is 2.17 bits per heavy atom. The molecule has 1 saturated heterocycles. The molecule has 1 aromatic heterocycles. The number of methoxy groups -OCH3 is 1. The Balaban J connectivity index is 1.79. The maximum Gasteiger partial charge on any atom is 0.307 e. The Morgan fingerprint density at radius 1 is 1.30 bits per heavy atom. The summed E-state index contributed by atoms with van der Waals surface area (Å²) in [5.74, 6) is 1.54. The molecule has 0 saturated carbocycles. The van der Waals surface area contributed by atoms with Gasteiger partial charge in [0.2, 0.25) is 0 Å². The first-order chi connectivity index (χ1) is 14.6. The molecule has 7 heteroatoms. The molecule has 3 rings (SSSR count). The fourth-order valence-corrected chi connectivity index (χ4v) is 4.01. The number of carbonyl (C=O) groups is 1. The Labute approximate surface area is 179 Å². The number of hydrogen-bond donors (Lipinski definition) is 1. The Hall–Kier alpha value is -2.25. The zero-order valence-corrected chi connectivity index (χ0v) is 18.4. The molecule has 7 nitrogen and oxygen atoms in total. The molecule has 1 atom stereocenters. The molecule has 1 aliphatic rings. The molecule has 1 aromatic carbocycles. The predicted molar refractivity (Wildman–Crippen MR) is 119 cm³/mol. The van der Waals surface area contributed by atoms with Crippen molar-refractivity contribution in [2.45, 2.75) is 58.5 Å². The van der Waals surface area contributed by atoms with E-state index in [1.807, 2.05) is 6.92 Å². The number of anilines is 1. The van der Waals surface area contributed by atoms with Crippen molar-refractivity contribution in [1.29, 1.82) is 0 Å². The number of rotatable bonds is 10. The molecular formula is C23H34N4O3. The van der Waals surface area contributed by atoms with Gasteiger partial charge in [0, 0.05) is 31.7 Å². The van der Waals surface area contributed by atoms with Crippen molar-refractivity contribution in [2.24, 2.45) is 0 Å². The maximum atomic E-state index is 12.0. The molecule has 0 aliphatic carbocycles. The van der Waals surface area contributed by atoms with Crippen LogP contribution in [0.1, 0.15) is 50.4 Å². The quantitative estimate of drug-likeness (QED) is 0.469. The molecule has 30 heavy (non-hydrogen) atoms. The topological polar surface area (TPSA) is 76.6 Å². The number of esters is 1. The highest BCUT2D eigenvalue weighted by atomic mass is 16.5. The van der Waals surface area contributed by atoms with Crippen molar-refractivity contribution in [3.63, 3.8) is 0 Å². The second-order valence-electron chi connectivity index (χ2n) is 7.91. The lowest BCUT2D eigenvalue weighted by atomic mass is 9.99. The molecule has 0 spiro atoms. The summed E-state index contributed by atoms with van der Waals surface area (Å²) in [6.45, 7) is 7.46. The van der Waals surface area contributed by atoms with Gasteiger partial charge in [-0.3, -0.25) is 9.69 Å². The van der Waals surface area contributed by atoms with Crippen LogP contribution in [0.15, 0.2) is 18.2 Å². The molecule has 2 aromatic rings. The van der Waals surface area contributed by atoms with Crippen LogP contribution in [0, 0.1) is 6.92 Å². The summed E-state index contributed by atoms with van der Waals surface area (Å²) in [5, 5.41) is 4.50. The molecule has 0 amide bonds. The first kappa shape index (κ1) is 22.4. The van der Waals surface area contributed by atoms with Gasteiger partial charge in [-0.05, 0) is 51.8 Å². The average Bonchev–Trinajstić information content (AvgIpc) is 2.73. The van der Waals surface area contributed by atoms with Crippen molar-refractivity contribution < 1.29 is 14.3 Å². The van der Waals surface area contributed by atoms with E-state index in [2.05, 4.69) is 35.3 Å². The minimum atomic E-state index is -0.121. The zero-order chi connectivity index (χ0) is 21.3. The third-order valence-corrected chi connectivity index (χ3v) is 5.52. The van der Waals surface area contributed by atoms with Crippen LogP contribution in [-0.4, -0.2) is 60.3 Å². The summed E-state index contributed by atoms with van der Waals surface area (Å²) in [7, 11) is 1.72. The lowest BCUT2D eigenvalue weighted by Crippen LogP contribution is -2.41. The first-order valence-electron chi connectivity index (χ1n) is 11.0. The summed E-state index contributed by atoms with van der Waals surface area (Å²) in [6, 6.07) is 6.46. The lowest BCUT2D eigenvalue weighted by Gasteiger charge is -2.34. The number of aromatic nitrogens is 2. The van der Waals surface area contributed by atoms with Crippen LogP contribution in [-0.2, 0) is 20.8 Å². The van der Waals surface area contributed by atoms with E-state index < -0.39 is 0 Å². The van der Waals surface area contributed by atoms with E-state index in [4.69, 9.17) is 19.4 Å². The number of aryl methyl sites for hydroxylation is 1. The molecule has 1 fully saturated rings. The standard InChI is InChI=1S/C23H34N4O3/c1-4-30-22(28)15-18-8-5-6-12-27(18)16-21-25-20-10-9-17(2)14-19(20)23(26-21)24-11-7-13-29-3/h9-10,14,18H,4-8,11-13,15-16H2,1-3H3,(H,24,25,26). The highest BCUT2D eigenvalue weighted by Gasteiger charge is 2.26. The van der Waals surface area contributed by atoms with Gasteiger partial charge in [-0.15, -0.1) is 0 Å². The highest BCUT2D eigenvalue weighted by Crippen LogP contribution is 2.25. The third-order valence-electron chi connectivity index (χ3n) is 5.52. The van der Waals surface area contributed by atoms with Gasteiger partial charge in [-0.25, -0.2) is 9.97 Å². The van der Waals surface area contributed by atoms with Crippen molar-refractivity contribution in [1.82, 2.24) is 14.9 Å². The normalized spacial score (nSPS) is 17.2. The third kappa shape index (κ3) is 6.12. The largest absolute Gasteiger partial charge is 0.466 e. The SMILES string of the molecule is CCOC(=O)CC1CCCCN1Cc1nc(NCCCOC)c2cc(C)ccc2n1. The van der Waals surface area contributed by atoms with E-state index in [-0.39, 0.29) is 12.0 Å². The van der Waals surface area contributed by atoms with Crippen LogP contribution in [0.25, 0.3) is 10.9 Å². The minimum absolute atomic E-state index is 0.121. The van der Waals surface area contributed by atoms with Crippen LogP contribution in [0.5, 0.6) is 0 Å². The lowest BCUT2D eigenvalue weighted by molar-refractivity contribution is -0.145. The average molecular weight is 415 g/mol. The molecule has 0 radical (unpaired) electrons. The van der Waals surface area contributed by atoms with Gasteiger partial charge in [0.25, 0.3) is 0 Å². The monoisotopic (exact) mass is 414 g/mol. The fourth-order valence-electron chi connectivity index (χ4n) is 4.01. The molecule has 164 valence electrons. The highest BCUT2D eigenvalue weighted by molar-refractivity contribution is 5.89. The number of hydrogen-bond acceptors (Lipinski definition) is 7. The van der Waals surface area contributed by atoms with E-state index >= 15 is 0 Å². The van der Waals surface area contributed by atoms with E-state index in [1.54, 1.807) is 7.11 Å². The molecule has 0 bridgehead atoms. The van der Waals surface area contributed by atoms with E-state index in [0.29, 0.717) is 26.2 Å². The van der Waals surface area contributed by atoms with Gasteiger partial charge >= 0.3 is 5.97 Å². The summed E-state index contributed by atoms with van der Waals surface area (Å²) in [6.07, 6.45) is 4.63. The first-order valence-corrected chi connectivity index (χ1v) is 11.0. The van der Waals surface area contributed by atoms with Gasteiger partial charge in [-0.2, -0.15) is 0 Å². The molecule has 2 heterocycles. The maximum absolute atomic E-state index is 12.0. The number of fused-ring (bicyclic) bond motifs is 1. The van der Waals surface area contributed by atoms with E-state index in [0.717, 1.165) is 61.3 Å². The van der Waals surface area contributed by atoms with E-state index in [9.17, 15) is 4.79 Å². The number of likely N-dealkylation sites (tertiary alicyclic amines) is 1. The number of carbonyl (C=O) groups excluding carboxylic acids is 1. The predicted octanol–water partition coefficient (Wildman–Crippen LogP) is 3.69. The smallest absolute Gasteiger partial charge is 0.307 e. The van der Waals surface area contributed by atoms with Crippen molar-refractivity contribution in [3.8, 4) is 0 Å². The number of nitrogens with one attached hydrogen (secondary N) is 1. The minimum Gasteiger partial charge on any atom is -0.466 e. The Bertz CT molecular complexity index is 843. The van der Waals surface area contributed by atoms with Crippen LogP contribution < -0.4 is 5.32 Å². The summed E-state index contributed by atoms with van der Waals surface area (Å²) < 4.78 is 10.3. The Kier molecular flexibility index (Phi) is 8.39. The molecular weight excluding hydrogens is 380 g/mol. The van der Waals surface area contributed by atoms with Crippen LogP contribution >= 0.6 is 0 Å². The van der Waals surface area contributed by atoms with Gasteiger partial charge in [-0.1, -0.05) is 18.1 Å². The van der Waals surface area contributed by atoms with Gasteiger partial charge in [0.15, 0.2) is 0 Å². The molecule has 1 aliphatic heterocycles. The summed E-state index contributed by atoms with van der Waals surface area (Å²) >= 11 is 0. The van der Waals surface area contributed by atoms with Crippen LogP contribution in [0.3, 0.4) is 0 Å². The van der Waals surface area contributed by atoms with E-state index in [1.165, 1.54) is 5.56 Å². The van der Waals surface area contributed by atoms with Crippen molar-refractivity contribution in [2.75, 3.05) is 38.7 Å². The zero-order valence-electron chi connectivity index (χ0n) is 18.4. The number of piperidine rings is 1. The van der Waals surface area contributed by atoms with Crippen LogP contribution in [0.2, 0.25) is 0 Å². The van der Waals surface area contributed by atoms with Gasteiger partial charge in [0.05, 0.1) is 25.1 Å². The molecule has 1 unspecified atom stereocenters. The van der Waals surface area contributed by atoms with Crippen molar-refractivity contribution in [3.05, 3.63) is 29.6 Å². The second kappa shape index (κ2) is 11.2. The number of benzene rings is 1. The molecule has 1 N–H and O–H groups in total.